The zero-order valence-electron chi connectivity index (χ0n) is 30.9. The van der Waals surface area contributed by atoms with Crippen LogP contribution in [-0.2, 0) is 28.6 Å². The van der Waals surface area contributed by atoms with Crippen LogP contribution in [0.4, 0.5) is 0 Å². The van der Waals surface area contributed by atoms with E-state index >= 15 is 0 Å². The Balaban J connectivity index is 4.43. The van der Waals surface area contributed by atoms with E-state index < -0.39 is 18.1 Å². The highest BCUT2D eigenvalue weighted by Gasteiger charge is 2.25. The molecule has 274 valence electrons. The average Bonchev–Trinajstić information content (AvgIpc) is 3.01. The van der Waals surface area contributed by atoms with Gasteiger partial charge in [-0.2, -0.15) is 0 Å². The molecule has 8 heteroatoms. The molecule has 0 rings (SSSR count). The Kier molecular flexibility index (Phi) is 29.7. The third-order valence-corrected chi connectivity index (χ3v) is 8.37. The molecule has 0 saturated carbocycles. The van der Waals surface area contributed by atoms with Crippen molar-refractivity contribution in [3.63, 3.8) is 0 Å². The lowest BCUT2D eigenvalue weighted by Gasteiger charge is -2.34. The van der Waals surface area contributed by atoms with Gasteiger partial charge in [-0.15, -0.1) is 0 Å². The summed E-state index contributed by atoms with van der Waals surface area (Å²) in [6.07, 6.45) is 30.7. The second-order valence-electron chi connectivity index (χ2n) is 13.8. The van der Waals surface area contributed by atoms with Crippen molar-refractivity contribution in [3.8, 4) is 0 Å². The molecule has 2 unspecified atom stereocenters. The molecule has 0 N–H and O–H groups in total. The summed E-state index contributed by atoms with van der Waals surface area (Å²) in [5, 5.41) is 11.5. The van der Waals surface area contributed by atoms with Gasteiger partial charge >= 0.3 is 11.9 Å². The van der Waals surface area contributed by atoms with Crippen LogP contribution in [0.2, 0.25) is 0 Å². The molecule has 0 aliphatic heterocycles. The maximum Gasteiger partial charge on any atom is 0.306 e. The summed E-state index contributed by atoms with van der Waals surface area (Å²) in [5.74, 6) is -1.78. The molecule has 2 atom stereocenters. The second-order valence-corrected chi connectivity index (χ2v) is 13.8. The van der Waals surface area contributed by atoms with E-state index in [1.807, 2.05) is 0 Å². The Morgan fingerprint density at radius 1 is 0.638 bits per heavy atom. The SMILES string of the molecule is CCCCCCCCC/C=C/C=C/CCCCCC(=O)OC(COCCC(C(=O)[O-])[N+](C)(C)C)COC(=O)CCCCCCCCC. The summed E-state index contributed by atoms with van der Waals surface area (Å²) in [5.41, 5.74) is 0. The number of likely N-dealkylation sites (N-methyl/N-ethyl adjacent to an activating group) is 1. The standard InChI is InChI=1S/C39H71NO7/c1-6-8-10-12-14-15-16-17-18-19-20-21-22-24-26-28-30-38(42)47-35(33-45-32-31-36(39(43)44)40(3,4)5)34-46-37(41)29-27-25-23-13-11-9-7-2/h18-21,35-36H,6-17,22-34H2,1-5H3/b19-18+,21-20+. The molecular weight excluding hydrogens is 594 g/mol. The van der Waals surface area contributed by atoms with Crippen LogP contribution in [-0.4, -0.2) is 75.5 Å². The van der Waals surface area contributed by atoms with E-state index in [-0.39, 0.29) is 42.7 Å². The minimum absolute atomic E-state index is 0.0324. The van der Waals surface area contributed by atoms with E-state index in [0.29, 0.717) is 12.8 Å². The van der Waals surface area contributed by atoms with Crippen LogP contribution in [0.25, 0.3) is 0 Å². The van der Waals surface area contributed by atoms with E-state index in [4.69, 9.17) is 14.2 Å². The number of ether oxygens (including phenoxy) is 3. The van der Waals surface area contributed by atoms with Gasteiger partial charge in [-0.3, -0.25) is 9.59 Å². The molecule has 0 aliphatic carbocycles. The molecule has 0 spiro atoms. The van der Waals surface area contributed by atoms with Gasteiger partial charge in [-0.05, 0) is 38.5 Å². The predicted octanol–water partition coefficient (Wildman–Crippen LogP) is 8.02. The van der Waals surface area contributed by atoms with Crippen molar-refractivity contribution in [2.24, 2.45) is 0 Å². The number of unbranched alkanes of at least 4 members (excludes halogenated alkanes) is 16. The molecule has 0 aromatic heterocycles. The number of carbonyl (C=O) groups is 3. The number of aliphatic carboxylic acids is 1. The number of carbonyl (C=O) groups excluding carboxylic acids is 3. The van der Waals surface area contributed by atoms with E-state index in [0.717, 1.165) is 51.4 Å². The van der Waals surface area contributed by atoms with Gasteiger partial charge in [0.2, 0.25) is 0 Å². The number of allylic oxidation sites excluding steroid dienone is 4. The number of carboxylic acids is 1. The lowest BCUT2D eigenvalue weighted by atomic mass is 10.1. The summed E-state index contributed by atoms with van der Waals surface area (Å²) in [6.45, 7) is 4.57. The first-order valence-electron chi connectivity index (χ1n) is 18.9. The number of esters is 2. The molecule has 0 bridgehead atoms. The van der Waals surface area contributed by atoms with Crippen molar-refractivity contribution in [2.75, 3.05) is 41.0 Å². The highest BCUT2D eigenvalue weighted by atomic mass is 16.6. The summed E-state index contributed by atoms with van der Waals surface area (Å²) < 4.78 is 17.0. The zero-order chi connectivity index (χ0) is 35.0. The maximum absolute atomic E-state index is 12.6. The maximum atomic E-state index is 12.6. The summed E-state index contributed by atoms with van der Waals surface area (Å²) in [6, 6.07) is -0.725. The van der Waals surface area contributed by atoms with Crippen LogP contribution in [0.15, 0.2) is 24.3 Å². The molecule has 8 nitrogen and oxygen atoms in total. The molecule has 0 radical (unpaired) electrons. The molecule has 0 aromatic carbocycles. The molecule has 0 aliphatic rings. The lowest BCUT2D eigenvalue weighted by Crippen LogP contribution is -2.55. The van der Waals surface area contributed by atoms with Gasteiger partial charge in [0.25, 0.3) is 0 Å². The zero-order valence-corrected chi connectivity index (χ0v) is 30.9. The Bertz CT molecular complexity index is 834. The van der Waals surface area contributed by atoms with E-state index in [1.165, 1.54) is 70.6 Å². The van der Waals surface area contributed by atoms with E-state index in [2.05, 4.69) is 38.2 Å². The van der Waals surface area contributed by atoms with Gasteiger partial charge in [-0.1, -0.05) is 122 Å². The summed E-state index contributed by atoms with van der Waals surface area (Å²) >= 11 is 0. The van der Waals surface area contributed by atoms with Crippen molar-refractivity contribution >= 4 is 17.9 Å². The Hall–Kier alpha value is -2.19. The quantitative estimate of drug-likeness (QED) is 0.0303. The molecule has 0 heterocycles. The Morgan fingerprint density at radius 3 is 1.62 bits per heavy atom. The van der Waals surface area contributed by atoms with Crippen molar-refractivity contribution in [3.05, 3.63) is 24.3 Å². The van der Waals surface area contributed by atoms with Crippen LogP contribution < -0.4 is 5.11 Å². The third kappa shape index (κ3) is 29.7. The van der Waals surface area contributed by atoms with Gasteiger partial charge < -0.3 is 28.6 Å². The highest BCUT2D eigenvalue weighted by Crippen LogP contribution is 2.12. The fraction of sp³-hybridized carbons (Fsp3) is 0.821. The first-order chi connectivity index (χ1) is 22.6. The largest absolute Gasteiger partial charge is 0.544 e. The van der Waals surface area contributed by atoms with Crippen LogP contribution in [0.5, 0.6) is 0 Å². The first-order valence-corrected chi connectivity index (χ1v) is 18.9. The van der Waals surface area contributed by atoms with Gasteiger partial charge in [0.05, 0.1) is 40.3 Å². The summed E-state index contributed by atoms with van der Waals surface area (Å²) in [4.78, 5) is 36.5. The van der Waals surface area contributed by atoms with Gasteiger partial charge in [-0.25, -0.2) is 0 Å². The number of hydrogen-bond donors (Lipinski definition) is 0. The third-order valence-electron chi connectivity index (χ3n) is 8.37. The molecular formula is C39H71NO7. The van der Waals surface area contributed by atoms with Crippen LogP contribution in [0.3, 0.4) is 0 Å². The number of carboxylic acid groups (broad SMARTS) is 1. The molecule has 47 heavy (non-hydrogen) atoms. The fourth-order valence-corrected chi connectivity index (χ4v) is 5.35. The normalized spacial score (nSPS) is 13.3. The van der Waals surface area contributed by atoms with E-state index in [1.54, 1.807) is 21.1 Å². The number of nitrogens with zero attached hydrogens (tertiary/aromatic N) is 1. The molecule has 0 amide bonds. The monoisotopic (exact) mass is 666 g/mol. The number of quaternary nitrogens is 1. The molecule has 0 aromatic rings. The topological polar surface area (TPSA) is 102 Å². The smallest absolute Gasteiger partial charge is 0.306 e. The minimum Gasteiger partial charge on any atom is -0.544 e. The summed E-state index contributed by atoms with van der Waals surface area (Å²) in [7, 11) is 5.38. The highest BCUT2D eigenvalue weighted by molar-refractivity contribution is 5.70. The van der Waals surface area contributed by atoms with Crippen molar-refractivity contribution in [2.45, 2.75) is 167 Å². The number of hydrogen-bond acceptors (Lipinski definition) is 7. The minimum atomic E-state index is -1.13. The van der Waals surface area contributed by atoms with Crippen molar-refractivity contribution in [1.82, 2.24) is 0 Å². The number of rotatable bonds is 33. The Labute approximate surface area is 288 Å². The van der Waals surface area contributed by atoms with Gasteiger partial charge in [0, 0.05) is 19.3 Å². The second kappa shape index (κ2) is 31.1. The van der Waals surface area contributed by atoms with Crippen molar-refractivity contribution in [1.29, 1.82) is 0 Å². The average molecular weight is 666 g/mol. The fourth-order valence-electron chi connectivity index (χ4n) is 5.35. The predicted molar refractivity (Wildman–Crippen MR) is 190 cm³/mol. The van der Waals surface area contributed by atoms with Gasteiger partial charge in [0.15, 0.2) is 6.10 Å². The first kappa shape index (κ1) is 44.8. The Morgan fingerprint density at radius 2 is 1.11 bits per heavy atom. The van der Waals surface area contributed by atoms with Gasteiger partial charge in [0.1, 0.15) is 12.6 Å². The van der Waals surface area contributed by atoms with Crippen molar-refractivity contribution < 1.29 is 38.2 Å². The van der Waals surface area contributed by atoms with E-state index in [9.17, 15) is 19.5 Å². The molecule has 0 fully saturated rings. The lowest BCUT2D eigenvalue weighted by molar-refractivity contribution is -0.889. The van der Waals surface area contributed by atoms with Crippen LogP contribution >= 0.6 is 0 Å². The van der Waals surface area contributed by atoms with Crippen LogP contribution in [0, 0.1) is 0 Å². The van der Waals surface area contributed by atoms with Crippen LogP contribution in [0.1, 0.15) is 155 Å². The molecule has 0 saturated heterocycles.